The molecule has 0 fully saturated rings. The van der Waals surface area contributed by atoms with Crippen molar-refractivity contribution in [2.45, 2.75) is 33.1 Å². The number of rotatable bonds is 5. The van der Waals surface area contributed by atoms with Gasteiger partial charge < -0.3 is 10.0 Å². The van der Waals surface area contributed by atoms with Crippen LogP contribution < -0.4 is 4.90 Å². The third kappa shape index (κ3) is 3.55. The topological polar surface area (TPSA) is 26.5 Å². The summed E-state index contributed by atoms with van der Waals surface area (Å²) in [5.74, 6) is 0.315. The van der Waals surface area contributed by atoms with E-state index in [0.29, 0.717) is 5.75 Å². The van der Waals surface area contributed by atoms with E-state index in [1.54, 1.807) is 0 Å². The van der Waals surface area contributed by atoms with E-state index in [0.717, 1.165) is 28.8 Å². The molecule has 0 bridgehead atoms. The summed E-state index contributed by atoms with van der Waals surface area (Å²) < 4.78 is 3.33. The second-order valence-electron chi connectivity index (χ2n) is 7.48. The molecule has 1 heterocycles. The smallest absolute Gasteiger partial charge is 0.209 e. The van der Waals surface area contributed by atoms with Crippen LogP contribution in [0.2, 0.25) is 0 Å². The van der Waals surface area contributed by atoms with Crippen molar-refractivity contribution in [3.8, 4) is 5.75 Å². The lowest BCUT2D eigenvalue weighted by atomic mass is 9.81. The Kier molecular flexibility index (Phi) is 5.48. The summed E-state index contributed by atoms with van der Waals surface area (Å²) in [6.07, 6.45) is 4.13. The summed E-state index contributed by atoms with van der Waals surface area (Å²) in [6.45, 7) is 10.6. The van der Waals surface area contributed by atoms with Crippen molar-refractivity contribution in [3.63, 3.8) is 0 Å². The van der Waals surface area contributed by atoms with Gasteiger partial charge in [0, 0.05) is 52.6 Å². The average molecular weight is 428 g/mol. The first-order valence-corrected chi connectivity index (χ1v) is 10.3. The van der Waals surface area contributed by atoms with Gasteiger partial charge in [-0.2, -0.15) is 4.58 Å². The monoisotopic (exact) mass is 427 g/mol. The highest BCUT2D eigenvalue weighted by atomic mass is 79.9. The SMILES string of the molecule is CCN(CC)c1ccc(/C=C/C2=[N+](C)c3ccc(Br)cc3C2(C)C)c(O)c1. The number of hydrogen-bond donors (Lipinski definition) is 1. The summed E-state index contributed by atoms with van der Waals surface area (Å²) in [4.78, 5) is 2.23. The maximum absolute atomic E-state index is 10.5. The van der Waals surface area contributed by atoms with Gasteiger partial charge in [0.2, 0.25) is 5.69 Å². The Morgan fingerprint density at radius 1 is 1.07 bits per heavy atom. The summed E-state index contributed by atoms with van der Waals surface area (Å²) in [5.41, 5.74) is 5.53. The molecule has 27 heavy (non-hydrogen) atoms. The Labute approximate surface area is 170 Å². The molecule has 0 spiro atoms. The number of aromatic hydroxyl groups is 1. The normalized spacial score (nSPS) is 15.5. The number of fused-ring (bicyclic) bond motifs is 1. The van der Waals surface area contributed by atoms with Gasteiger partial charge in [-0.3, -0.25) is 0 Å². The van der Waals surface area contributed by atoms with E-state index < -0.39 is 0 Å². The van der Waals surface area contributed by atoms with Crippen molar-refractivity contribution in [2.24, 2.45) is 0 Å². The van der Waals surface area contributed by atoms with Gasteiger partial charge >= 0.3 is 0 Å². The highest BCUT2D eigenvalue weighted by Gasteiger charge is 2.42. The number of nitrogens with zero attached hydrogens (tertiary/aromatic N) is 2. The lowest BCUT2D eigenvalue weighted by Crippen LogP contribution is -2.26. The van der Waals surface area contributed by atoms with Crippen molar-refractivity contribution in [2.75, 3.05) is 25.0 Å². The molecule has 1 aliphatic rings. The number of hydrogen-bond acceptors (Lipinski definition) is 2. The number of allylic oxidation sites excluding steroid dienone is 1. The molecule has 0 radical (unpaired) electrons. The zero-order valence-electron chi connectivity index (χ0n) is 16.8. The minimum Gasteiger partial charge on any atom is -0.507 e. The fraction of sp³-hybridized carbons (Fsp3) is 0.348. The third-order valence-electron chi connectivity index (χ3n) is 5.56. The maximum atomic E-state index is 10.5. The molecule has 0 aromatic heterocycles. The first-order valence-electron chi connectivity index (χ1n) is 9.46. The first-order chi connectivity index (χ1) is 12.8. The van der Waals surface area contributed by atoms with Gasteiger partial charge in [-0.25, -0.2) is 0 Å². The summed E-state index contributed by atoms with van der Waals surface area (Å²) in [7, 11) is 2.10. The van der Waals surface area contributed by atoms with Crippen LogP contribution in [-0.4, -0.2) is 35.5 Å². The van der Waals surface area contributed by atoms with Crippen LogP contribution in [0.3, 0.4) is 0 Å². The second-order valence-corrected chi connectivity index (χ2v) is 8.40. The number of anilines is 1. The Morgan fingerprint density at radius 3 is 2.41 bits per heavy atom. The molecule has 4 heteroatoms. The van der Waals surface area contributed by atoms with Crippen LogP contribution in [0.15, 0.2) is 46.9 Å². The molecule has 142 valence electrons. The molecule has 1 N–H and O–H groups in total. The quantitative estimate of drug-likeness (QED) is 0.617. The molecule has 0 aliphatic carbocycles. The number of phenols is 1. The number of phenolic OH excluding ortho intramolecular Hbond substituents is 1. The Hall–Kier alpha value is -2.07. The van der Waals surface area contributed by atoms with Crippen LogP contribution >= 0.6 is 15.9 Å². The van der Waals surface area contributed by atoms with Crippen LogP contribution in [0.4, 0.5) is 11.4 Å². The van der Waals surface area contributed by atoms with E-state index in [1.807, 2.05) is 18.2 Å². The van der Waals surface area contributed by atoms with Crippen LogP contribution in [0, 0.1) is 0 Å². The van der Waals surface area contributed by atoms with Gasteiger partial charge in [0.05, 0.1) is 5.41 Å². The van der Waals surface area contributed by atoms with Gasteiger partial charge in [0.15, 0.2) is 5.71 Å². The van der Waals surface area contributed by atoms with Crippen molar-refractivity contribution < 1.29 is 9.68 Å². The summed E-state index contributed by atoms with van der Waals surface area (Å²) in [6, 6.07) is 12.3. The highest BCUT2D eigenvalue weighted by molar-refractivity contribution is 9.10. The molecule has 0 unspecified atom stereocenters. The molecule has 2 aromatic carbocycles. The van der Waals surface area contributed by atoms with Crippen molar-refractivity contribution >= 4 is 39.1 Å². The minimum atomic E-state index is -0.0961. The fourth-order valence-corrected chi connectivity index (χ4v) is 4.30. The maximum Gasteiger partial charge on any atom is 0.209 e. The molecule has 3 rings (SSSR count). The lowest BCUT2D eigenvalue weighted by Gasteiger charge is -2.21. The van der Waals surface area contributed by atoms with Crippen LogP contribution in [0.25, 0.3) is 6.08 Å². The molecule has 0 saturated carbocycles. The van der Waals surface area contributed by atoms with E-state index in [2.05, 4.69) is 90.5 Å². The summed E-state index contributed by atoms with van der Waals surface area (Å²) >= 11 is 3.59. The van der Waals surface area contributed by atoms with Gasteiger partial charge in [-0.15, -0.1) is 0 Å². The van der Waals surface area contributed by atoms with Crippen molar-refractivity contribution in [1.29, 1.82) is 0 Å². The van der Waals surface area contributed by atoms with Crippen LogP contribution in [-0.2, 0) is 5.41 Å². The van der Waals surface area contributed by atoms with E-state index in [-0.39, 0.29) is 5.41 Å². The zero-order chi connectivity index (χ0) is 19.8. The molecule has 2 aromatic rings. The van der Waals surface area contributed by atoms with Crippen molar-refractivity contribution in [1.82, 2.24) is 0 Å². The largest absolute Gasteiger partial charge is 0.507 e. The van der Waals surface area contributed by atoms with E-state index >= 15 is 0 Å². The molecule has 0 atom stereocenters. The van der Waals surface area contributed by atoms with Gasteiger partial charge in [-0.1, -0.05) is 15.9 Å². The van der Waals surface area contributed by atoms with Gasteiger partial charge in [0.25, 0.3) is 0 Å². The van der Waals surface area contributed by atoms with Gasteiger partial charge in [0.1, 0.15) is 12.8 Å². The van der Waals surface area contributed by atoms with Crippen molar-refractivity contribution in [3.05, 3.63) is 58.1 Å². The van der Waals surface area contributed by atoms with Crippen LogP contribution in [0.5, 0.6) is 5.75 Å². The predicted octanol–water partition coefficient (Wildman–Crippen LogP) is 5.72. The zero-order valence-corrected chi connectivity index (χ0v) is 18.3. The first kappa shape index (κ1) is 19.7. The molecular formula is C23H28BrN2O+. The van der Waals surface area contributed by atoms with E-state index in [4.69, 9.17) is 0 Å². The standard InChI is InChI=1S/C23H27BrN2O/c1-6-26(7-2)18-11-8-16(21(27)15-18)9-13-22-23(3,4)19-14-17(24)10-12-20(19)25(22)5/h8-15H,6-7H2,1-5H3/p+1. The third-order valence-corrected chi connectivity index (χ3v) is 6.05. The molecule has 1 aliphatic heterocycles. The molecule has 3 nitrogen and oxygen atoms in total. The second kappa shape index (κ2) is 7.51. The average Bonchev–Trinajstić information content (AvgIpc) is 2.81. The molecule has 0 saturated heterocycles. The Balaban J connectivity index is 1.94. The summed E-state index contributed by atoms with van der Waals surface area (Å²) in [5, 5.41) is 10.5. The Morgan fingerprint density at radius 2 is 1.78 bits per heavy atom. The highest BCUT2D eigenvalue weighted by Crippen LogP contribution is 2.41. The molecule has 0 amide bonds. The number of halogens is 1. The molecular weight excluding hydrogens is 400 g/mol. The van der Waals surface area contributed by atoms with E-state index in [9.17, 15) is 5.11 Å². The van der Waals surface area contributed by atoms with Crippen LogP contribution in [0.1, 0.15) is 38.8 Å². The number of benzene rings is 2. The van der Waals surface area contributed by atoms with E-state index in [1.165, 1.54) is 17.0 Å². The fourth-order valence-electron chi connectivity index (χ4n) is 3.94. The Bertz CT molecular complexity index is 924. The lowest BCUT2D eigenvalue weighted by molar-refractivity contribution is -0.401. The predicted molar refractivity (Wildman–Crippen MR) is 119 cm³/mol. The minimum absolute atomic E-state index is 0.0961. The van der Waals surface area contributed by atoms with Gasteiger partial charge in [-0.05, 0) is 58.0 Å².